The topological polar surface area (TPSA) is 93.4 Å². The van der Waals surface area contributed by atoms with E-state index in [0.29, 0.717) is 11.3 Å². The first-order chi connectivity index (χ1) is 15.0. The van der Waals surface area contributed by atoms with E-state index in [1.54, 1.807) is 22.7 Å². The molecule has 0 bridgehead atoms. The second kappa shape index (κ2) is 9.08. The number of carbonyl (C=O) groups is 1. The number of ether oxygens (including phenoxy) is 1. The van der Waals surface area contributed by atoms with Gasteiger partial charge in [-0.25, -0.2) is 0 Å². The molecule has 0 radical (unpaired) electrons. The van der Waals surface area contributed by atoms with E-state index in [1.807, 2.05) is 31.2 Å². The Balaban J connectivity index is 1.43. The number of nitrogens with one attached hydrogen (secondary N) is 2. The standard InChI is InChI=1S/C20H17BrN6O2S2/c1-3-16-24-25-20-27(16)26-18(31-20)11-4-7-13(8-5-11)22-19(30)23-17(28)14-10-12(21)6-9-15(14)29-2/h4-10H,3H2,1-2H3,(H2,22,23,28,30). The van der Waals surface area contributed by atoms with Gasteiger partial charge in [-0.15, -0.1) is 10.2 Å². The first kappa shape index (κ1) is 21.3. The van der Waals surface area contributed by atoms with Crippen LogP contribution >= 0.6 is 39.5 Å². The molecule has 1 amide bonds. The highest BCUT2D eigenvalue weighted by Gasteiger charge is 2.15. The van der Waals surface area contributed by atoms with Gasteiger partial charge in [0.15, 0.2) is 10.9 Å². The Kier molecular flexibility index (Phi) is 6.25. The highest BCUT2D eigenvalue weighted by atomic mass is 79.9. The Morgan fingerprint density at radius 3 is 2.71 bits per heavy atom. The van der Waals surface area contributed by atoms with Gasteiger partial charge in [-0.05, 0) is 54.7 Å². The molecule has 8 nitrogen and oxygen atoms in total. The Labute approximate surface area is 195 Å². The fourth-order valence-electron chi connectivity index (χ4n) is 2.88. The van der Waals surface area contributed by atoms with Gasteiger partial charge in [-0.1, -0.05) is 34.2 Å². The van der Waals surface area contributed by atoms with Crippen LogP contribution in [0.2, 0.25) is 0 Å². The predicted molar refractivity (Wildman–Crippen MR) is 128 cm³/mol. The van der Waals surface area contributed by atoms with Crippen LogP contribution in [0.4, 0.5) is 5.69 Å². The van der Waals surface area contributed by atoms with Crippen molar-refractivity contribution < 1.29 is 9.53 Å². The molecule has 11 heteroatoms. The van der Waals surface area contributed by atoms with Crippen LogP contribution in [-0.4, -0.2) is 37.9 Å². The van der Waals surface area contributed by atoms with E-state index in [4.69, 9.17) is 17.0 Å². The monoisotopic (exact) mass is 516 g/mol. The zero-order valence-electron chi connectivity index (χ0n) is 16.5. The summed E-state index contributed by atoms with van der Waals surface area (Å²) in [5, 5.41) is 19.6. The molecule has 2 aromatic carbocycles. The fourth-order valence-corrected chi connectivity index (χ4v) is 4.32. The molecule has 0 spiro atoms. The number of carbonyl (C=O) groups excluding carboxylic acids is 1. The van der Waals surface area contributed by atoms with Crippen molar-refractivity contribution in [3.8, 4) is 16.3 Å². The van der Waals surface area contributed by atoms with Crippen LogP contribution in [0.1, 0.15) is 23.1 Å². The van der Waals surface area contributed by atoms with Gasteiger partial charge in [0.2, 0.25) is 4.96 Å². The average Bonchev–Trinajstić information content (AvgIpc) is 3.35. The van der Waals surface area contributed by atoms with Gasteiger partial charge in [0, 0.05) is 22.1 Å². The maximum Gasteiger partial charge on any atom is 0.261 e. The first-order valence-electron chi connectivity index (χ1n) is 9.26. The number of anilines is 1. The fraction of sp³-hybridized carbons (Fsp3) is 0.150. The molecule has 0 unspecified atom stereocenters. The Morgan fingerprint density at radius 2 is 2.00 bits per heavy atom. The number of methoxy groups -OCH3 is 1. The highest BCUT2D eigenvalue weighted by molar-refractivity contribution is 9.10. The summed E-state index contributed by atoms with van der Waals surface area (Å²) in [6.07, 6.45) is 0.766. The third-order valence-electron chi connectivity index (χ3n) is 4.39. The molecule has 4 rings (SSSR count). The lowest BCUT2D eigenvalue weighted by atomic mass is 10.2. The van der Waals surface area contributed by atoms with Crippen molar-refractivity contribution in [2.75, 3.05) is 12.4 Å². The summed E-state index contributed by atoms with van der Waals surface area (Å²) >= 11 is 10.1. The van der Waals surface area contributed by atoms with E-state index in [9.17, 15) is 4.79 Å². The van der Waals surface area contributed by atoms with Crippen LogP contribution in [0.15, 0.2) is 46.9 Å². The van der Waals surface area contributed by atoms with Gasteiger partial charge in [0.05, 0.1) is 12.7 Å². The van der Waals surface area contributed by atoms with Crippen molar-refractivity contribution in [1.82, 2.24) is 25.1 Å². The molecule has 2 N–H and O–H groups in total. The van der Waals surface area contributed by atoms with Gasteiger partial charge >= 0.3 is 0 Å². The number of hydrogen-bond acceptors (Lipinski definition) is 7. The molecule has 0 saturated carbocycles. The third-order valence-corrected chi connectivity index (χ3v) is 6.04. The van der Waals surface area contributed by atoms with Crippen molar-refractivity contribution in [2.24, 2.45) is 0 Å². The second-order valence-corrected chi connectivity index (χ2v) is 8.68. The van der Waals surface area contributed by atoms with Crippen molar-refractivity contribution >= 4 is 61.2 Å². The number of rotatable bonds is 5. The minimum atomic E-state index is -0.362. The molecule has 31 heavy (non-hydrogen) atoms. The zero-order chi connectivity index (χ0) is 22.0. The molecular formula is C20H17BrN6O2S2. The maximum absolute atomic E-state index is 12.6. The van der Waals surface area contributed by atoms with E-state index in [1.165, 1.54) is 18.4 Å². The largest absolute Gasteiger partial charge is 0.496 e. The SMILES string of the molecule is CCc1nnc2sc(-c3ccc(NC(=S)NC(=O)c4cc(Br)ccc4OC)cc3)nn12. The highest BCUT2D eigenvalue weighted by Crippen LogP contribution is 2.27. The van der Waals surface area contributed by atoms with Crippen LogP contribution in [0.5, 0.6) is 5.75 Å². The predicted octanol–water partition coefficient (Wildman–Crippen LogP) is 4.31. The molecule has 0 aliphatic carbocycles. The van der Waals surface area contributed by atoms with Crippen molar-refractivity contribution in [3.05, 3.63) is 58.3 Å². The summed E-state index contributed by atoms with van der Waals surface area (Å²) < 4.78 is 7.79. The van der Waals surface area contributed by atoms with Crippen LogP contribution in [-0.2, 0) is 6.42 Å². The van der Waals surface area contributed by atoms with Crippen molar-refractivity contribution in [3.63, 3.8) is 0 Å². The zero-order valence-corrected chi connectivity index (χ0v) is 19.8. The minimum Gasteiger partial charge on any atom is -0.496 e. The lowest BCUT2D eigenvalue weighted by Crippen LogP contribution is -2.34. The number of aryl methyl sites for hydroxylation is 1. The number of amides is 1. The molecular weight excluding hydrogens is 500 g/mol. The molecule has 2 aromatic heterocycles. The van der Waals surface area contributed by atoms with E-state index in [0.717, 1.165) is 37.9 Å². The van der Waals surface area contributed by atoms with Crippen LogP contribution < -0.4 is 15.4 Å². The number of fused-ring (bicyclic) bond motifs is 1. The van der Waals surface area contributed by atoms with Crippen LogP contribution in [0.3, 0.4) is 0 Å². The summed E-state index contributed by atoms with van der Waals surface area (Å²) in [5.41, 5.74) is 2.08. The number of nitrogens with zero attached hydrogens (tertiary/aromatic N) is 4. The average molecular weight is 517 g/mol. The van der Waals surface area contributed by atoms with Crippen LogP contribution in [0, 0.1) is 0 Å². The van der Waals surface area contributed by atoms with Gasteiger partial charge in [-0.3, -0.25) is 10.1 Å². The molecule has 0 aliphatic rings. The quantitative estimate of drug-likeness (QED) is 0.381. The molecule has 2 heterocycles. The first-order valence-corrected chi connectivity index (χ1v) is 11.3. The summed E-state index contributed by atoms with van der Waals surface area (Å²) in [5.74, 6) is 0.932. The Bertz CT molecular complexity index is 1270. The second-order valence-electron chi connectivity index (χ2n) is 6.40. The van der Waals surface area contributed by atoms with Gasteiger partial charge in [-0.2, -0.15) is 9.61 Å². The Hall–Kier alpha value is -2.89. The Morgan fingerprint density at radius 1 is 1.23 bits per heavy atom. The number of benzene rings is 2. The minimum absolute atomic E-state index is 0.186. The van der Waals surface area contributed by atoms with Gasteiger partial charge < -0.3 is 10.1 Å². The van der Waals surface area contributed by atoms with E-state index < -0.39 is 0 Å². The molecule has 0 saturated heterocycles. The molecule has 158 valence electrons. The number of aromatic nitrogens is 4. The molecule has 4 aromatic rings. The van der Waals surface area contributed by atoms with Gasteiger partial charge in [0.25, 0.3) is 5.91 Å². The van der Waals surface area contributed by atoms with E-state index >= 15 is 0 Å². The van der Waals surface area contributed by atoms with E-state index in [-0.39, 0.29) is 11.0 Å². The normalized spacial score (nSPS) is 10.8. The summed E-state index contributed by atoms with van der Waals surface area (Å²) in [7, 11) is 1.51. The number of hydrogen-bond donors (Lipinski definition) is 2. The number of halogens is 1. The van der Waals surface area contributed by atoms with Crippen molar-refractivity contribution in [1.29, 1.82) is 0 Å². The smallest absolute Gasteiger partial charge is 0.261 e. The van der Waals surface area contributed by atoms with Crippen molar-refractivity contribution in [2.45, 2.75) is 13.3 Å². The third kappa shape index (κ3) is 4.58. The van der Waals surface area contributed by atoms with Gasteiger partial charge in [0.1, 0.15) is 10.8 Å². The summed E-state index contributed by atoms with van der Waals surface area (Å²) in [6.45, 7) is 2.02. The molecule has 0 fully saturated rings. The summed E-state index contributed by atoms with van der Waals surface area (Å²) in [6, 6.07) is 12.8. The lowest BCUT2D eigenvalue weighted by Gasteiger charge is -2.12. The number of thiocarbonyl (C=S) groups is 1. The molecule has 0 aliphatic heterocycles. The summed E-state index contributed by atoms with van der Waals surface area (Å²) in [4.78, 5) is 13.3. The van der Waals surface area contributed by atoms with Crippen LogP contribution in [0.25, 0.3) is 15.5 Å². The van der Waals surface area contributed by atoms with E-state index in [2.05, 4.69) is 41.9 Å². The lowest BCUT2D eigenvalue weighted by molar-refractivity contribution is 0.0974. The molecule has 0 atom stereocenters. The maximum atomic E-state index is 12.6.